The molecule has 2 aromatic heterocycles. The largest absolute Gasteiger partial charge is 0.493 e. The minimum atomic E-state index is 0.117. The second kappa shape index (κ2) is 4.72. The summed E-state index contributed by atoms with van der Waals surface area (Å²) in [6.07, 6.45) is 2.02. The summed E-state index contributed by atoms with van der Waals surface area (Å²) in [5.41, 5.74) is 1.92. The zero-order valence-electron chi connectivity index (χ0n) is 10.7. The molecule has 0 saturated carbocycles. The van der Waals surface area contributed by atoms with Crippen molar-refractivity contribution in [2.45, 2.75) is 12.8 Å². The standard InChI is InChI=1S/C16H12O2S2/c17-16(15-9-14-13(20-15)5-7-19-14)11-3-4-12-10(8-11)2-1-6-18-12/h3-5,7-9H,1-2,6H2. The van der Waals surface area contributed by atoms with Crippen molar-refractivity contribution in [2.24, 2.45) is 0 Å². The maximum Gasteiger partial charge on any atom is 0.203 e. The number of ether oxygens (including phenoxy) is 1. The highest BCUT2D eigenvalue weighted by molar-refractivity contribution is 7.28. The molecule has 0 N–H and O–H groups in total. The van der Waals surface area contributed by atoms with Crippen molar-refractivity contribution < 1.29 is 9.53 Å². The van der Waals surface area contributed by atoms with Gasteiger partial charge in [-0.25, -0.2) is 0 Å². The molecular formula is C16H12O2S2. The van der Waals surface area contributed by atoms with Crippen LogP contribution in [0.5, 0.6) is 5.75 Å². The molecule has 0 unspecified atom stereocenters. The van der Waals surface area contributed by atoms with Gasteiger partial charge in [-0.15, -0.1) is 22.7 Å². The number of hydrogen-bond donors (Lipinski definition) is 0. The molecule has 0 saturated heterocycles. The minimum Gasteiger partial charge on any atom is -0.493 e. The van der Waals surface area contributed by atoms with Crippen molar-refractivity contribution >= 4 is 37.9 Å². The van der Waals surface area contributed by atoms with Gasteiger partial charge in [-0.2, -0.15) is 0 Å². The molecule has 2 nitrogen and oxygen atoms in total. The molecule has 1 aliphatic rings. The van der Waals surface area contributed by atoms with E-state index in [9.17, 15) is 4.79 Å². The van der Waals surface area contributed by atoms with Gasteiger partial charge in [0, 0.05) is 15.0 Å². The Bertz CT molecular complexity index is 769. The maximum atomic E-state index is 12.6. The molecule has 1 aliphatic heterocycles. The highest BCUT2D eigenvalue weighted by atomic mass is 32.1. The normalized spacial score (nSPS) is 14.0. The van der Waals surface area contributed by atoms with E-state index in [2.05, 4.69) is 11.4 Å². The average Bonchev–Trinajstić information content (AvgIpc) is 3.07. The molecule has 20 heavy (non-hydrogen) atoms. The Labute approximate surface area is 124 Å². The van der Waals surface area contributed by atoms with Gasteiger partial charge >= 0.3 is 0 Å². The molecule has 100 valence electrons. The fourth-order valence-electron chi connectivity index (χ4n) is 2.52. The van der Waals surface area contributed by atoms with Crippen molar-refractivity contribution in [3.05, 3.63) is 51.7 Å². The lowest BCUT2D eigenvalue weighted by atomic mass is 10.0. The van der Waals surface area contributed by atoms with E-state index in [-0.39, 0.29) is 5.78 Å². The number of carbonyl (C=O) groups is 1. The number of rotatable bonds is 2. The highest BCUT2D eigenvalue weighted by Gasteiger charge is 2.17. The number of carbonyl (C=O) groups excluding carboxylic acids is 1. The van der Waals surface area contributed by atoms with Crippen LogP contribution in [0.25, 0.3) is 9.40 Å². The zero-order chi connectivity index (χ0) is 13.5. The van der Waals surface area contributed by atoms with Crippen LogP contribution < -0.4 is 4.74 Å². The Balaban J connectivity index is 1.72. The molecule has 3 aromatic rings. The smallest absolute Gasteiger partial charge is 0.203 e. The van der Waals surface area contributed by atoms with Gasteiger partial charge in [0.25, 0.3) is 0 Å². The third-order valence-electron chi connectivity index (χ3n) is 3.53. The molecule has 1 aromatic carbocycles. The summed E-state index contributed by atoms with van der Waals surface area (Å²) in [6.45, 7) is 0.779. The Kier molecular flexibility index (Phi) is 2.86. The van der Waals surface area contributed by atoms with Gasteiger partial charge in [-0.3, -0.25) is 4.79 Å². The van der Waals surface area contributed by atoms with Gasteiger partial charge in [0.2, 0.25) is 5.78 Å². The van der Waals surface area contributed by atoms with Crippen molar-refractivity contribution in [3.63, 3.8) is 0 Å². The van der Waals surface area contributed by atoms with Crippen LogP contribution in [0.4, 0.5) is 0 Å². The van der Waals surface area contributed by atoms with E-state index in [4.69, 9.17) is 4.74 Å². The van der Waals surface area contributed by atoms with Crippen LogP contribution in [0.3, 0.4) is 0 Å². The Morgan fingerprint density at radius 1 is 1.15 bits per heavy atom. The summed E-state index contributed by atoms with van der Waals surface area (Å²) in [6, 6.07) is 9.87. The van der Waals surface area contributed by atoms with E-state index in [0.29, 0.717) is 0 Å². The number of fused-ring (bicyclic) bond motifs is 2. The van der Waals surface area contributed by atoms with Crippen LogP contribution in [-0.2, 0) is 6.42 Å². The zero-order valence-corrected chi connectivity index (χ0v) is 12.4. The fraction of sp³-hybridized carbons (Fsp3) is 0.188. The molecule has 0 bridgehead atoms. The molecule has 0 radical (unpaired) electrons. The molecule has 0 fully saturated rings. The van der Waals surface area contributed by atoms with Gasteiger partial charge in [-0.1, -0.05) is 0 Å². The molecule has 4 rings (SSSR count). The van der Waals surface area contributed by atoms with Crippen molar-refractivity contribution in [1.82, 2.24) is 0 Å². The first kappa shape index (κ1) is 12.1. The summed E-state index contributed by atoms with van der Waals surface area (Å²) in [5.74, 6) is 1.05. The van der Waals surface area contributed by atoms with Crippen LogP contribution in [0.1, 0.15) is 27.2 Å². The lowest BCUT2D eigenvalue weighted by Gasteiger charge is -2.17. The predicted octanol–water partition coefficient (Wildman–Crippen LogP) is 4.52. The highest BCUT2D eigenvalue weighted by Crippen LogP contribution is 2.32. The topological polar surface area (TPSA) is 26.3 Å². The summed E-state index contributed by atoms with van der Waals surface area (Å²) in [7, 11) is 0. The van der Waals surface area contributed by atoms with E-state index in [1.54, 1.807) is 22.7 Å². The van der Waals surface area contributed by atoms with Crippen LogP contribution in [0.15, 0.2) is 35.7 Å². The van der Waals surface area contributed by atoms with Crippen molar-refractivity contribution in [1.29, 1.82) is 0 Å². The van der Waals surface area contributed by atoms with Crippen LogP contribution >= 0.6 is 22.7 Å². The SMILES string of the molecule is O=C(c1ccc2c(c1)CCCO2)c1cc2sccc2s1. The molecule has 0 amide bonds. The van der Waals surface area contributed by atoms with Gasteiger partial charge < -0.3 is 4.74 Å². The lowest BCUT2D eigenvalue weighted by Crippen LogP contribution is -2.09. The average molecular weight is 300 g/mol. The van der Waals surface area contributed by atoms with Crippen LogP contribution in [0, 0.1) is 0 Å². The quantitative estimate of drug-likeness (QED) is 0.650. The van der Waals surface area contributed by atoms with Gasteiger partial charge in [0.1, 0.15) is 5.75 Å². The van der Waals surface area contributed by atoms with E-state index in [1.165, 1.54) is 9.40 Å². The lowest BCUT2D eigenvalue weighted by molar-refractivity contribution is 0.104. The molecular weight excluding hydrogens is 288 g/mol. The first-order chi connectivity index (χ1) is 9.81. The molecule has 3 heterocycles. The second-order valence-electron chi connectivity index (χ2n) is 4.86. The molecule has 4 heteroatoms. The molecule has 0 atom stereocenters. The molecule has 0 spiro atoms. The number of benzene rings is 1. The first-order valence-electron chi connectivity index (χ1n) is 6.59. The Morgan fingerprint density at radius 3 is 3.00 bits per heavy atom. The van der Waals surface area contributed by atoms with Crippen LogP contribution in [-0.4, -0.2) is 12.4 Å². The Morgan fingerprint density at radius 2 is 2.10 bits per heavy atom. The monoisotopic (exact) mass is 300 g/mol. The second-order valence-corrected chi connectivity index (χ2v) is 6.89. The molecule has 0 aliphatic carbocycles. The van der Waals surface area contributed by atoms with E-state index in [0.717, 1.165) is 41.2 Å². The Hall–Kier alpha value is -1.65. The van der Waals surface area contributed by atoms with E-state index < -0.39 is 0 Å². The number of aryl methyl sites for hydroxylation is 1. The van der Waals surface area contributed by atoms with Crippen molar-refractivity contribution in [2.75, 3.05) is 6.61 Å². The van der Waals surface area contributed by atoms with Crippen LogP contribution in [0.2, 0.25) is 0 Å². The maximum absolute atomic E-state index is 12.6. The number of ketones is 1. The van der Waals surface area contributed by atoms with Gasteiger partial charge in [0.05, 0.1) is 11.5 Å². The fourth-order valence-corrected chi connectivity index (χ4v) is 4.59. The predicted molar refractivity (Wildman–Crippen MR) is 83.4 cm³/mol. The number of hydrogen-bond acceptors (Lipinski definition) is 4. The third-order valence-corrected chi connectivity index (χ3v) is 5.63. The third kappa shape index (κ3) is 1.96. The summed E-state index contributed by atoms with van der Waals surface area (Å²) in [5, 5.41) is 2.06. The van der Waals surface area contributed by atoms with E-state index >= 15 is 0 Å². The van der Waals surface area contributed by atoms with E-state index in [1.807, 2.05) is 24.3 Å². The van der Waals surface area contributed by atoms with Gasteiger partial charge in [0.15, 0.2) is 0 Å². The van der Waals surface area contributed by atoms with Gasteiger partial charge in [-0.05, 0) is 54.1 Å². The first-order valence-corrected chi connectivity index (χ1v) is 8.28. The summed E-state index contributed by atoms with van der Waals surface area (Å²) < 4.78 is 7.98. The number of thiophene rings is 2. The summed E-state index contributed by atoms with van der Waals surface area (Å²) in [4.78, 5) is 13.4. The minimum absolute atomic E-state index is 0.117. The summed E-state index contributed by atoms with van der Waals surface area (Å²) >= 11 is 3.26. The van der Waals surface area contributed by atoms with Crippen molar-refractivity contribution in [3.8, 4) is 5.75 Å².